The predicted molar refractivity (Wildman–Crippen MR) is 56.2 cm³/mol. The fraction of sp³-hybridized carbons (Fsp3) is 0.455. The van der Waals surface area contributed by atoms with Crippen molar-refractivity contribution < 1.29 is 13.7 Å². The summed E-state index contributed by atoms with van der Waals surface area (Å²) in [6.07, 6.45) is 0.457. The second-order valence-electron chi connectivity index (χ2n) is 4.90. The number of benzene rings is 1. The standard InChI is InChI=1S/C11H13F2NO2/c1-11(2,3)6-7-4-8(12)10(14(15)16)9(13)5-7/h4-5H,6H2,1-3H3. The first-order valence-corrected chi connectivity index (χ1v) is 4.83. The molecule has 1 rings (SSSR count). The van der Waals surface area contributed by atoms with Crippen LogP contribution in [-0.4, -0.2) is 4.92 Å². The molecule has 0 heterocycles. The summed E-state index contributed by atoms with van der Waals surface area (Å²) in [4.78, 5) is 9.31. The monoisotopic (exact) mass is 229 g/mol. The smallest absolute Gasteiger partial charge is 0.258 e. The lowest BCUT2D eigenvalue weighted by molar-refractivity contribution is -0.390. The van der Waals surface area contributed by atoms with E-state index in [0.717, 1.165) is 12.1 Å². The highest BCUT2D eigenvalue weighted by atomic mass is 19.1. The summed E-state index contributed by atoms with van der Waals surface area (Å²) in [5.74, 6) is -2.24. The molecule has 0 spiro atoms. The van der Waals surface area contributed by atoms with Crippen LogP contribution in [0.3, 0.4) is 0 Å². The molecular formula is C11H13F2NO2. The van der Waals surface area contributed by atoms with Crippen molar-refractivity contribution in [2.24, 2.45) is 5.41 Å². The quantitative estimate of drug-likeness (QED) is 0.575. The van der Waals surface area contributed by atoms with Crippen molar-refractivity contribution in [3.63, 3.8) is 0 Å². The maximum atomic E-state index is 13.3. The Hall–Kier alpha value is -1.52. The van der Waals surface area contributed by atoms with Crippen LogP contribution in [-0.2, 0) is 6.42 Å². The molecule has 0 unspecified atom stereocenters. The van der Waals surface area contributed by atoms with Gasteiger partial charge in [0.25, 0.3) is 0 Å². The summed E-state index contributed by atoms with van der Waals surface area (Å²) in [5, 5.41) is 10.4. The summed E-state index contributed by atoms with van der Waals surface area (Å²) < 4.78 is 26.5. The summed E-state index contributed by atoms with van der Waals surface area (Å²) >= 11 is 0. The molecule has 1 aromatic rings. The average Bonchev–Trinajstić information content (AvgIpc) is 1.96. The van der Waals surface area contributed by atoms with Gasteiger partial charge in [0.15, 0.2) is 0 Å². The van der Waals surface area contributed by atoms with E-state index >= 15 is 0 Å². The molecule has 5 heteroatoms. The molecule has 0 bridgehead atoms. The molecule has 0 radical (unpaired) electrons. The minimum Gasteiger partial charge on any atom is -0.258 e. The van der Waals surface area contributed by atoms with E-state index in [2.05, 4.69) is 0 Å². The van der Waals surface area contributed by atoms with Gasteiger partial charge in [-0.25, -0.2) is 0 Å². The van der Waals surface area contributed by atoms with Crippen LogP contribution >= 0.6 is 0 Å². The minimum atomic E-state index is -1.12. The van der Waals surface area contributed by atoms with E-state index in [1.165, 1.54) is 0 Å². The Morgan fingerprint density at radius 2 is 1.69 bits per heavy atom. The third kappa shape index (κ3) is 2.98. The fourth-order valence-corrected chi connectivity index (χ4v) is 1.51. The number of nitro benzene ring substituents is 1. The molecule has 0 aliphatic carbocycles. The topological polar surface area (TPSA) is 43.1 Å². The number of halogens is 2. The zero-order valence-electron chi connectivity index (χ0n) is 9.38. The van der Waals surface area contributed by atoms with Gasteiger partial charge in [0.2, 0.25) is 11.6 Å². The van der Waals surface area contributed by atoms with E-state index in [1.54, 1.807) is 0 Å². The second kappa shape index (κ2) is 4.15. The van der Waals surface area contributed by atoms with Gasteiger partial charge in [0, 0.05) is 0 Å². The van der Waals surface area contributed by atoms with Crippen LogP contribution in [0.4, 0.5) is 14.5 Å². The maximum Gasteiger partial charge on any atom is 0.340 e. The van der Waals surface area contributed by atoms with E-state index in [-0.39, 0.29) is 5.41 Å². The second-order valence-corrected chi connectivity index (χ2v) is 4.90. The van der Waals surface area contributed by atoms with Crippen LogP contribution in [0.25, 0.3) is 0 Å². The first-order chi connectivity index (χ1) is 7.20. The van der Waals surface area contributed by atoms with E-state index < -0.39 is 22.2 Å². The number of hydrogen-bond acceptors (Lipinski definition) is 2. The molecule has 3 nitrogen and oxygen atoms in total. The largest absolute Gasteiger partial charge is 0.340 e. The van der Waals surface area contributed by atoms with E-state index in [0.29, 0.717) is 12.0 Å². The van der Waals surface area contributed by atoms with Gasteiger partial charge in [-0.1, -0.05) is 20.8 Å². The Morgan fingerprint density at radius 3 is 2.00 bits per heavy atom. The summed E-state index contributed by atoms with van der Waals surface area (Å²) in [6, 6.07) is 2.04. The van der Waals surface area contributed by atoms with Gasteiger partial charge in [-0.2, -0.15) is 8.78 Å². The summed E-state index contributed by atoms with van der Waals surface area (Å²) in [5.41, 5.74) is -0.791. The lowest BCUT2D eigenvalue weighted by atomic mass is 9.88. The molecule has 16 heavy (non-hydrogen) atoms. The molecule has 1 aromatic carbocycles. The zero-order chi connectivity index (χ0) is 12.5. The van der Waals surface area contributed by atoms with Gasteiger partial charge in [0.05, 0.1) is 4.92 Å². The van der Waals surface area contributed by atoms with Crippen molar-refractivity contribution in [1.82, 2.24) is 0 Å². The van der Waals surface area contributed by atoms with Crippen molar-refractivity contribution in [3.8, 4) is 0 Å². The molecule has 0 amide bonds. The minimum absolute atomic E-state index is 0.130. The number of hydrogen-bond donors (Lipinski definition) is 0. The lowest BCUT2D eigenvalue weighted by Crippen LogP contribution is -2.10. The highest BCUT2D eigenvalue weighted by Gasteiger charge is 2.23. The highest BCUT2D eigenvalue weighted by molar-refractivity contribution is 5.37. The number of nitrogens with zero attached hydrogens (tertiary/aromatic N) is 1. The van der Waals surface area contributed by atoms with Gasteiger partial charge < -0.3 is 0 Å². The van der Waals surface area contributed by atoms with Gasteiger partial charge in [-0.3, -0.25) is 10.1 Å². The van der Waals surface area contributed by atoms with E-state index in [1.807, 2.05) is 20.8 Å². The Bertz CT molecular complexity index is 401. The van der Waals surface area contributed by atoms with Crippen LogP contribution in [0.5, 0.6) is 0 Å². The SMILES string of the molecule is CC(C)(C)Cc1cc(F)c([N+](=O)[O-])c(F)c1. The van der Waals surface area contributed by atoms with Gasteiger partial charge >= 0.3 is 5.69 Å². The molecule has 0 fully saturated rings. The summed E-state index contributed by atoms with van der Waals surface area (Å²) in [7, 11) is 0. The van der Waals surface area contributed by atoms with Crippen LogP contribution in [0.2, 0.25) is 0 Å². The van der Waals surface area contributed by atoms with Gasteiger partial charge in [-0.15, -0.1) is 0 Å². The Labute approximate surface area is 92.2 Å². The van der Waals surface area contributed by atoms with Crippen LogP contribution in [0.15, 0.2) is 12.1 Å². The molecule has 0 saturated heterocycles. The predicted octanol–water partition coefficient (Wildman–Crippen LogP) is 3.46. The van der Waals surface area contributed by atoms with Crippen LogP contribution < -0.4 is 0 Å². The first kappa shape index (κ1) is 12.5. The first-order valence-electron chi connectivity index (χ1n) is 4.83. The molecular weight excluding hydrogens is 216 g/mol. The summed E-state index contributed by atoms with van der Waals surface area (Å²) in [6.45, 7) is 5.76. The molecule has 0 aliphatic heterocycles. The number of nitro groups is 1. The average molecular weight is 229 g/mol. The Kier molecular flexibility index (Phi) is 3.26. The normalized spacial score (nSPS) is 11.6. The Balaban J connectivity index is 3.15. The van der Waals surface area contributed by atoms with Crippen molar-refractivity contribution in [2.75, 3.05) is 0 Å². The van der Waals surface area contributed by atoms with Gasteiger partial charge in [-0.05, 0) is 29.5 Å². The lowest BCUT2D eigenvalue weighted by Gasteiger charge is -2.17. The molecule has 0 aliphatic rings. The molecule has 0 saturated carbocycles. The van der Waals surface area contributed by atoms with Crippen molar-refractivity contribution in [2.45, 2.75) is 27.2 Å². The van der Waals surface area contributed by atoms with Crippen molar-refractivity contribution in [1.29, 1.82) is 0 Å². The highest BCUT2D eigenvalue weighted by Crippen LogP contribution is 2.27. The van der Waals surface area contributed by atoms with Gasteiger partial charge in [0.1, 0.15) is 0 Å². The van der Waals surface area contributed by atoms with Crippen molar-refractivity contribution >= 4 is 5.69 Å². The Morgan fingerprint density at radius 1 is 1.25 bits per heavy atom. The van der Waals surface area contributed by atoms with E-state index in [9.17, 15) is 18.9 Å². The molecule has 0 N–H and O–H groups in total. The fourth-order valence-electron chi connectivity index (χ4n) is 1.51. The molecule has 88 valence electrons. The maximum absolute atomic E-state index is 13.3. The van der Waals surface area contributed by atoms with Crippen molar-refractivity contribution in [3.05, 3.63) is 39.4 Å². The zero-order valence-corrected chi connectivity index (χ0v) is 9.38. The van der Waals surface area contributed by atoms with Crippen LogP contribution in [0, 0.1) is 27.2 Å². The third-order valence-electron chi connectivity index (χ3n) is 1.99. The molecule has 0 aromatic heterocycles. The third-order valence-corrected chi connectivity index (χ3v) is 1.99. The van der Waals surface area contributed by atoms with E-state index in [4.69, 9.17) is 0 Å². The van der Waals surface area contributed by atoms with Crippen LogP contribution in [0.1, 0.15) is 26.3 Å². The molecule has 0 atom stereocenters. The number of rotatable bonds is 2.